The van der Waals surface area contributed by atoms with Gasteiger partial charge in [-0.25, -0.2) is 4.79 Å². The van der Waals surface area contributed by atoms with Crippen molar-refractivity contribution in [3.8, 4) is 46.0 Å². The molecule has 10 atom stereocenters. The smallest absolute Gasteiger partial charge is 0.416 e. The quantitative estimate of drug-likeness (QED) is 0.0640. The number of likely N-dealkylation sites (N-methyl/N-ethyl adjacent to an activating group) is 2. The van der Waals surface area contributed by atoms with Gasteiger partial charge in [-0.3, -0.25) is 24.4 Å². The zero-order valence-electron chi connectivity index (χ0n) is 53.0. The highest BCUT2D eigenvalue weighted by Gasteiger charge is 2.58. The van der Waals surface area contributed by atoms with Crippen LogP contribution in [0.15, 0.2) is 78.9 Å². The number of rotatable bonds is 10. The van der Waals surface area contributed by atoms with Gasteiger partial charge in [-0.15, -0.1) is 0 Å². The number of benzene rings is 6. The summed E-state index contributed by atoms with van der Waals surface area (Å²) >= 11 is 0. The molecular formula is C71H76F3N5O13. The molecule has 0 aliphatic carbocycles. The van der Waals surface area contributed by atoms with Crippen molar-refractivity contribution in [2.45, 2.75) is 134 Å². The fourth-order valence-electron chi connectivity index (χ4n) is 16.2. The molecule has 2 fully saturated rings. The molecule has 6 aromatic carbocycles. The van der Waals surface area contributed by atoms with Crippen molar-refractivity contribution in [1.29, 1.82) is 0 Å². The molecule has 1 amide bonds. The Bertz CT molecular complexity index is 4030. The van der Waals surface area contributed by atoms with Crippen molar-refractivity contribution >= 4 is 24.0 Å². The number of nitrogens with one attached hydrogen (secondary N) is 1. The average molecular weight is 1260 g/mol. The van der Waals surface area contributed by atoms with Crippen LogP contribution in [0.5, 0.6) is 46.0 Å². The molecule has 21 heteroatoms. The van der Waals surface area contributed by atoms with Gasteiger partial charge in [-0.1, -0.05) is 54.6 Å². The number of fused-ring (bicyclic) bond motifs is 18. The predicted molar refractivity (Wildman–Crippen MR) is 335 cm³/mol. The predicted octanol–water partition coefficient (Wildman–Crippen LogP) is 9.61. The fourth-order valence-corrected chi connectivity index (χ4v) is 16.2. The Balaban J connectivity index is 0.000000169. The summed E-state index contributed by atoms with van der Waals surface area (Å²) in [6.45, 7) is 12.2. The van der Waals surface area contributed by atoms with E-state index in [-0.39, 0.29) is 80.1 Å². The number of carbonyl (C=O) groups excluding carboxylic acids is 2. The Morgan fingerprint density at radius 2 is 1.08 bits per heavy atom. The van der Waals surface area contributed by atoms with Gasteiger partial charge in [0.05, 0.1) is 56.0 Å². The molecule has 8 aliphatic heterocycles. The summed E-state index contributed by atoms with van der Waals surface area (Å²) in [5.74, 6) is 2.73. The summed E-state index contributed by atoms with van der Waals surface area (Å²) in [7, 11) is 7.09. The van der Waals surface area contributed by atoms with Crippen LogP contribution in [0.1, 0.15) is 119 Å². The molecule has 0 radical (unpaired) electrons. The summed E-state index contributed by atoms with van der Waals surface area (Å²) < 4.78 is 80.8. The number of phenols is 2. The number of alkyl halides is 3. The summed E-state index contributed by atoms with van der Waals surface area (Å²) in [6.07, 6.45) is 1.58. The molecule has 18 nitrogen and oxygen atoms in total. The SMILES string of the molecule is COc1c(C)cc2c(c1O)[C@@H]1[C@@H]3Cc4c(C)c(C)c5c(c4[C@H](CNC(=O)/C=C/c4cccc(C(F)(F)F)c4)N3[C@@H](O)[C@H](C2)N1C)OCO5.COc1c(C)cc2c(c1O)[C@@H]1[C@@H]3Cc4c(C)c(C)c5c(c4[C@H](COC(=O)/C=C/c4ccccc4)N3[C@@H](O)[C@H](C2)N1C)OCO5. The van der Waals surface area contributed by atoms with E-state index in [4.69, 9.17) is 33.2 Å². The number of esters is 1. The van der Waals surface area contributed by atoms with E-state index in [0.29, 0.717) is 60.2 Å². The van der Waals surface area contributed by atoms with E-state index < -0.39 is 48.2 Å². The molecule has 0 spiro atoms. The van der Waals surface area contributed by atoms with Gasteiger partial charge in [-0.2, -0.15) is 13.2 Å². The molecule has 0 aromatic heterocycles. The summed E-state index contributed by atoms with van der Waals surface area (Å²) in [5.41, 5.74) is 13.5. The second-order valence-corrected chi connectivity index (χ2v) is 25.3. The van der Waals surface area contributed by atoms with Crippen LogP contribution in [0.4, 0.5) is 13.2 Å². The third kappa shape index (κ3) is 10.3. The Morgan fingerprint density at radius 3 is 1.59 bits per heavy atom. The van der Waals surface area contributed by atoms with Crippen LogP contribution in [-0.2, 0) is 46.2 Å². The second kappa shape index (κ2) is 24.0. The molecule has 14 rings (SSSR count). The number of piperazine rings is 2. The van der Waals surface area contributed by atoms with E-state index in [2.05, 4.69) is 33.0 Å². The lowest BCUT2D eigenvalue weighted by atomic mass is 9.72. The van der Waals surface area contributed by atoms with Crippen molar-refractivity contribution in [2.75, 3.05) is 55.1 Å². The number of halogens is 3. The van der Waals surface area contributed by atoms with Gasteiger partial charge in [0, 0.05) is 53.0 Å². The Kier molecular flexibility index (Phi) is 16.3. The van der Waals surface area contributed by atoms with E-state index >= 15 is 0 Å². The first-order chi connectivity index (χ1) is 44.0. The molecule has 5 N–H and O–H groups in total. The van der Waals surface area contributed by atoms with Crippen molar-refractivity contribution in [1.82, 2.24) is 24.9 Å². The molecule has 92 heavy (non-hydrogen) atoms. The maximum atomic E-state index is 13.2. The highest BCUT2D eigenvalue weighted by Crippen LogP contribution is 2.59. The van der Waals surface area contributed by atoms with E-state index in [1.165, 1.54) is 37.5 Å². The van der Waals surface area contributed by atoms with Gasteiger partial charge in [0.1, 0.15) is 19.1 Å². The van der Waals surface area contributed by atoms with Crippen LogP contribution in [0, 0.1) is 41.5 Å². The number of amides is 1. The number of aliphatic hydroxyl groups is 2. The Morgan fingerprint density at radius 1 is 0.598 bits per heavy atom. The third-order valence-corrected chi connectivity index (χ3v) is 20.7. The molecule has 8 aliphatic rings. The topological polar surface area (TPSA) is 205 Å². The van der Waals surface area contributed by atoms with Gasteiger partial charge in [0.25, 0.3) is 0 Å². The van der Waals surface area contributed by atoms with Gasteiger partial charge in [-0.05, 0) is 172 Å². The number of phenolic OH excluding ortho intramolecular Hbond substituents is 2. The van der Waals surface area contributed by atoms with Crippen molar-refractivity contribution in [3.63, 3.8) is 0 Å². The lowest BCUT2D eigenvalue weighted by Gasteiger charge is -2.60. The monoisotopic (exact) mass is 1260 g/mol. The number of methoxy groups -OCH3 is 2. The van der Waals surface area contributed by atoms with Gasteiger partial charge in [0.15, 0.2) is 46.0 Å². The number of ether oxygens (including phenoxy) is 7. The first-order valence-corrected chi connectivity index (χ1v) is 31.0. The second-order valence-electron chi connectivity index (χ2n) is 25.3. The van der Waals surface area contributed by atoms with E-state index in [1.54, 1.807) is 13.2 Å². The zero-order valence-corrected chi connectivity index (χ0v) is 53.0. The number of aliphatic hydroxyl groups excluding tert-OH is 2. The highest BCUT2D eigenvalue weighted by molar-refractivity contribution is 5.92. The van der Waals surface area contributed by atoms with E-state index in [9.17, 15) is 43.2 Å². The molecule has 2 saturated heterocycles. The number of aryl methyl sites for hydroxylation is 2. The number of carbonyl (C=O) groups is 2. The first-order valence-electron chi connectivity index (χ1n) is 31.0. The standard InChI is InChI=1S/C36H38F3N3O6.C35H38N2O7/c1-17-11-21-13-25-35(45)42-24(30(41(25)4)28(21)31(44)32(17)46-5)14-23-18(2)19(3)33-34(48-16-47-33)29(23)26(42)15-40-27(43)10-9-20-7-6-8-22(12-20)36(37,38)39;1-18-13-22-14-25-35(40)37-24(30(36(25)4)28(22)31(39)32(18)41-5)15-23-19(2)20(3)33-34(44-17-43-33)29(23)26(37)16-42-27(38)12-11-21-9-7-6-8-10-21/h6-12,24-26,30,35,44-45H,13-16H2,1-5H3,(H,40,43);6-13,24-26,30,35,39-40H,14-17H2,1-5H3/b10-9+;12-11+/t2*24-,25-,26-,30-,35-/m00/s1. The maximum Gasteiger partial charge on any atom is 0.416 e. The van der Waals surface area contributed by atoms with Crippen LogP contribution in [-0.4, -0.2) is 144 Å². The van der Waals surface area contributed by atoms with Gasteiger partial charge < -0.3 is 58.9 Å². The molecule has 4 bridgehead atoms. The Hall–Kier alpha value is -8.31. The van der Waals surface area contributed by atoms with Crippen LogP contribution in [0.3, 0.4) is 0 Å². The number of hydrogen-bond donors (Lipinski definition) is 5. The molecule has 484 valence electrons. The Labute approximate surface area is 531 Å². The first kappa shape index (κ1) is 62.5. The largest absolute Gasteiger partial charge is 0.504 e. The molecule has 6 aromatic rings. The molecule has 8 heterocycles. The van der Waals surface area contributed by atoms with Crippen molar-refractivity contribution < 1.29 is 76.3 Å². The normalized spacial score (nSPS) is 25.0. The average Bonchev–Trinajstić information content (AvgIpc) is 0.901. The molecular weight excluding hydrogens is 1190 g/mol. The number of nitrogens with zero attached hydrogens (tertiary/aromatic N) is 4. The van der Waals surface area contributed by atoms with Crippen molar-refractivity contribution in [3.05, 3.63) is 173 Å². The van der Waals surface area contributed by atoms with E-state index in [1.807, 2.05) is 90.0 Å². The summed E-state index contributed by atoms with van der Waals surface area (Å²) in [6, 6.07) is 15.7. The minimum Gasteiger partial charge on any atom is -0.504 e. The summed E-state index contributed by atoms with van der Waals surface area (Å²) in [4.78, 5) is 34.7. The third-order valence-electron chi connectivity index (χ3n) is 20.7. The summed E-state index contributed by atoms with van der Waals surface area (Å²) in [5, 5.41) is 50.3. The van der Waals surface area contributed by atoms with Crippen LogP contribution >= 0.6 is 0 Å². The van der Waals surface area contributed by atoms with Crippen molar-refractivity contribution in [2.24, 2.45) is 0 Å². The van der Waals surface area contributed by atoms with Crippen LogP contribution in [0.2, 0.25) is 0 Å². The van der Waals surface area contributed by atoms with E-state index in [0.717, 1.165) is 95.6 Å². The lowest BCUT2D eigenvalue weighted by Crippen LogP contribution is -2.69. The highest BCUT2D eigenvalue weighted by atomic mass is 19.4. The lowest BCUT2D eigenvalue weighted by molar-refractivity contribution is -0.182. The van der Waals surface area contributed by atoms with Crippen LogP contribution < -0.4 is 33.7 Å². The van der Waals surface area contributed by atoms with Crippen LogP contribution in [0.25, 0.3) is 12.2 Å². The van der Waals surface area contributed by atoms with Gasteiger partial charge >= 0.3 is 12.1 Å². The van der Waals surface area contributed by atoms with Gasteiger partial charge in [0.2, 0.25) is 19.5 Å². The number of hydrogen-bond acceptors (Lipinski definition) is 17. The fraction of sp³-hybridized carbons (Fsp3) is 0.408. The molecule has 0 unspecified atom stereocenters. The molecule has 0 saturated carbocycles. The number of aromatic hydroxyl groups is 2. The maximum absolute atomic E-state index is 13.2. The minimum atomic E-state index is -4.50. The zero-order chi connectivity index (χ0) is 65.1. The minimum absolute atomic E-state index is 0.00996.